The quantitative estimate of drug-likeness (QED) is 0.920. The van der Waals surface area contributed by atoms with Gasteiger partial charge in [-0.05, 0) is 19.9 Å². The van der Waals surface area contributed by atoms with E-state index in [1.807, 2.05) is 13.0 Å². The predicted molar refractivity (Wildman–Crippen MR) is 69.9 cm³/mol. The van der Waals surface area contributed by atoms with Gasteiger partial charge in [-0.15, -0.1) is 0 Å². The van der Waals surface area contributed by atoms with Crippen LogP contribution in [0.3, 0.4) is 0 Å². The minimum Gasteiger partial charge on any atom is -0.508 e. The van der Waals surface area contributed by atoms with Crippen LogP contribution in [-0.4, -0.2) is 28.1 Å². The van der Waals surface area contributed by atoms with Gasteiger partial charge >= 0.3 is 0 Å². The average molecular weight is 260 g/mol. The van der Waals surface area contributed by atoms with Crippen molar-refractivity contribution in [2.75, 3.05) is 7.05 Å². The maximum Gasteiger partial charge on any atom is 0.276 e. The van der Waals surface area contributed by atoms with E-state index in [1.165, 1.54) is 4.90 Å². The van der Waals surface area contributed by atoms with Gasteiger partial charge in [-0.2, -0.15) is 0 Å². The predicted octanol–water partition coefficient (Wildman–Crippen LogP) is 2.52. The number of aromatic nitrogens is 1. The summed E-state index contributed by atoms with van der Waals surface area (Å²) < 4.78 is 4.90. The molecule has 1 N–H and O–H groups in total. The van der Waals surface area contributed by atoms with E-state index < -0.39 is 0 Å². The maximum atomic E-state index is 12.2. The fraction of sp³-hybridized carbons (Fsp3) is 0.286. The summed E-state index contributed by atoms with van der Waals surface area (Å²) in [7, 11) is 1.67. The zero-order valence-corrected chi connectivity index (χ0v) is 11.1. The highest BCUT2D eigenvalue weighted by molar-refractivity contribution is 5.92. The molecule has 1 amide bonds. The first-order chi connectivity index (χ1) is 9.00. The number of benzene rings is 1. The molecule has 1 heterocycles. The van der Waals surface area contributed by atoms with Gasteiger partial charge in [0.15, 0.2) is 5.69 Å². The molecule has 0 radical (unpaired) electrons. The van der Waals surface area contributed by atoms with Gasteiger partial charge in [0.25, 0.3) is 5.91 Å². The van der Waals surface area contributed by atoms with Crippen LogP contribution in [-0.2, 0) is 0 Å². The number of amides is 1. The monoisotopic (exact) mass is 260 g/mol. The van der Waals surface area contributed by atoms with Crippen LogP contribution in [0.1, 0.15) is 34.8 Å². The van der Waals surface area contributed by atoms with E-state index in [2.05, 4.69) is 5.16 Å². The van der Waals surface area contributed by atoms with Crippen molar-refractivity contribution in [2.24, 2.45) is 0 Å². The fourth-order valence-electron chi connectivity index (χ4n) is 1.87. The molecule has 0 bridgehead atoms. The van der Waals surface area contributed by atoms with Gasteiger partial charge in [0.2, 0.25) is 0 Å². The molecule has 0 fully saturated rings. The molecule has 2 aromatic rings. The Morgan fingerprint density at radius 3 is 2.68 bits per heavy atom. The van der Waals surface area contributed by atoms with Crippen molar-refractivity contribution in [3.63, 3.8) is 0 Å². The van der Waals surface area contributed by atoms with Crippen LogP contribution >= 0.6 is 0 Å². The number of carbonyl (C=O) groups is 1. The van der Waals surface area contributed by atoms with Gasteiger partial charge in [-0.1, -0.05) is 23.4 Å². The Bertz CT molecular complexity index is 592. The van der Waals surface area contributed by atoms with Crippen LogP contribution in [0, 0.1) is 6.92 Å². The highest BCUT2D eigenvalue weighted by Crippen LogP contribution is 2.27. The lowest BCUT2D eigenvalue weighted by Crippen LogP contribution is -2.29. The fourth-order valence-corrected chi connectivity index (χ4v) is 1.87. The van der Waals surface area contributed by atoms with E-state index in [0.29, 0.717) is 11.3 Å². The summed E-state index contributed by atoms with van der Waals surface area (Å²) in [4.78, 5) is 13.7. The van der Waals surface area contributed by atoms with Crippen molar-refractivity contribution in [3.05, 3.63) is 47.3 Å². The lowest BCUT2D eigenvalue weighted by molar-refractivity contribution is 0.0731. The number of aromatic hydroxyl groups is 1. The standard InChI is InChI=1S/C14H16N2O3/c1-9-8-12(15-19-9)14(18)16(3)10(2)11-6-4-5-7-13(11)17/h4-8,10,17H,1-3H3. The summed E-state index contributed by atoms with van der Waals surface area (Å²) in [6.07, 6.45) is 0. The molecule has 5 nitrogen and oxygen atoms in total. The zero-order valence-electron chi connectivity index (χ0n) is 11.1. The molecule has 2 rings (SSSR count). The molecule has 1 atom stereocenters. The SMILES string of the molecule is Cc1cc(C(=O)N(C)C(C)c2ccccc2O)no1. The topological polar surface area (TPSA) is 66.6 Å². The molecule has 1 aromatic heterocycles. The first-order valence-electron chi connectivity index (χ1n) is 5.99. The van der Waals surface area contributed by atoms with Gasteiger partial charge in [0, 0.05) is 18.7 Å². The van der Waals surface area contributed by atoms with E-state index >= 15 is 0 Å². The van der Waals surface area contributed by atoms with Crippen LogP contribution < -0.4 is 0 Å². The Hall–Kier alpha value is -2.30. The minimum atomic E-state index is -0.259. The highest BCUT2D eigenvalue weighted by Gasteiger charge is 2.23. The molecule has 19 heavy (non-hydrogen) atoms. The second kappa shape index (κ2) is 5.14. The number of hydrogen-bond acceptors (Lipinski definition) is 4. The van der Waals surface area contributed by atoms with Crippen molar-refractivity contribution in [3.8, 4) is 5.75 Å². The van der Waals surface area contributed by atoms with Gasteiger partial charge in [-0.3, -0.25) is 4.79 Å². The van der Waals surface area contributed by atoms with E-state index in [4.69, 9.17) is 4.52 Å². The Kier molecular flexibility index (Phi) is 3.55. The maximum absolute atomic E-state index is 12.2. The summed E-state index contributed by atoms with van der Waals surface area (Å²) in [6.45, 7) is 3.58. The van der Waals surface area contributed by atoms with E-state index in [9.17, 15) is 9.90 Å². The molecule has 0 saturated carbocycles. The van der Waals surface area contributed by atoms with Crippen LogP contribution in [0.4, 0.5) is 0 Å². The van der Waals surface area contributed by atoms with Gasteiger partial charge in [-0.25, -0.2) is 0 Å². The Balaban J connectivity index is 2.22. The molecular formula is C14H16N2O3. The number of hydrogen-bond donors (Lipinski definition) is 1. The van der Waals surface area contributed by atoms with E-state index in [0.717, 1.165) is 0 Å². The molecule has 5 heteroatoms. The van der Waals surface area contributed by atoms with E-state index in [-0.39, 0.29) is 23.4 Å². The molecule has 0 aliphatic heterocycles. The molecule has 0 aliphatic carbocycles. The second-order valence-electron chi connectivity index (χ2n) is 4.47. The lowest BCUT2D eigenvalue weighted by atomic mass is 10.1. The molecule has 0 aliphatic rings. The zero-order chi connectivity index (χ0) is 14.0. The number of carbonyl (C=O) groups excluding carboxylic acids is 1. The summed E-state index contributed by atoms with van der Waals surface area (Å²) in [5.41, 5.74) is 0.959. The molecule has 0 saturated heterocycles. The Labute approximate surface area is 111 Å². The molecule has 100 valence electrons. The van der Waals surface area contributed by atoms with Gasteiger partial charge < -0.3 is 14.5 Å². The van der Waals surface area contributed by atoms with Crippen molar-refractivity contribution in [2.45, 2.75) is 19.9 Å². The molecule has 1 aromatic carbocycles. The summed E-state index contributed by atoms with van der Waals surface area (Å²) in [6, 6.07) is 8.29. The van der Waals surface area contributed by atoms with E-state index in [1.54, 1.807) is 38.2 Å². The molecule has 1 unspecified atom stereocenters. The van der Waals surface area contributed by atoms with Crippen LogP contribution in [0.15, 0.2) is 34.9 Å². The van der Waals surface area contributed by atoms with Gasteiger partial charge in [0.1, 0.15) is 11.5 Å². The number of nitrogens with zero attached hydrogens (tertiary/aromatic N) is 2. The van der Waals surface area contributed by atoms with Crippen LogP contribution in [0.2, 0.25) is 0 Å². The first-order valence-corrected chi connectivity index (χ1v) is 5.99. The number of rotatable bonds is 3. The molecule has 0 spiro atoms. The second-order valence-corrected chi connectivity index (χ2v) is 4.47. The van der Waals surface area contributed by atoms with Crippen molar-refractivity contribution in [1.29, 1.82) is 0 Å². The third-order valence-electron chi connectivity index (χ3n) is 3.14. The van der Waals surface area contributed by atoms with Crippen molar-refractivity contribution >= 4 is 5.91 Å². The number of phenolic OH excluding ortho intramolecular Hbond substituents is 1. The summed E-state index contributed by atoms with van der Waals surface area (Å²) >= 11 is 0. The minimum absolute atomic E-state index is 0.172. The Morgan fingerprint density at radius 1 is 1.42 bits per heavy atom. The third kappa shape index (κ3) is 2.59. The summed E-state index contributed by atoms with van der Waals surface area (Å²) in [5, 5.41) is 13.5. The normalized spacial score (nSPS) is 12.2. The third-order valence-corrected chi connectivity index (χ3v) is 3.14. The van der Waals surface area contributed by atoms with Crippen LogP contribution in [0.5, 0.6) is 5.75 Å². The van der Waals surface area contributed by atoms with Crippen LogP contribution in [0.25, 0.3) is 0 Å². The summed E-state index contributed by atoms with van der Waals surface area (Å²) in [5.74, 6) is 0.519. The smallest absolute Gasteiger partial charge is 0.276 e. The van der Waals surface area contributed by atoms with Crippen molar-refractivity contribution in [1.82, 2.24) is 10.1 Å². The average Bonchev–Trinajstić information content (AvgIpc) is 2.83. The highest BCUT2D eigenvalue weighted by atomic mass is 16.5. The first kappa shape index (κ1) is 13.1. The number of aryl methyl sites for hydroxylation is 1. The number of para-hydroxylation sites is 1. The largest absolute Gasteiger partial charge is 0.508 e. The van der Waals surface area contributed by atoms with Crippen molar-refractivity contribution < 1.29 is 14.4 Å². The Morgan fingerprint density at radius 2 is 2.11 bits per heavy atom. The number of phenols is 1. The lowest BCUT2D eigenvalue weighted by Gasteiger charge is -2.24. The molecular weight excluding hydrogens is 244 g/mol. The van der Waals surface area contributed by atoms with Gasteiger partial charge in [0.05, 0.1) is 6.04 Å².